The lowest BCUT2D eigenvalue weighted by atomic mass is 10.0. The van der Waals surface area contributed by atoms with Crippen LogP contribution in [0.5, 0.6) is 0 Å². The topological polar surface area (TPSA) is 152 Å². The highest BCUT2D eigenvalue weighted by Gasteiger charge is 2.31. The fourth-order valence-corrected chi connectivity index (χ4v) is 2.67. The molecule has 0 unspecified atom stereocenters. The van der Waals surface area contributed by atoms with Crippen LogP contribution in [-0.4, -0.2) is 44.6 Å². The summed E-state index contributed by atoms with van der Waals surface area (Å²) in [5.41, 5.74) is 0. The summed E-state index contributed by atoms with van der Waals surface area (Å²) in [5, 5.41) is 26.8. The van der Waals surface area contributed by atoms with Crippen molar-refractivity contribution in [3.63, 3.8) is 0 Å². The van der Waals surface area contributed by atoms with E-state index in [-0.39, 0.29) is 6.42 Å². The zero-order chi connectivity index (χ0) is 21.2. The molecule has 0 aromatic carbocycles. The van der Waals surface area contributed by atoms with Gasteiger partial charge in [0.25, 0.3) is 5.79 Å². The molecule has 0 atom stereocenters. The molecule has 0 radical (unpaired) electrons. The summed E-state index contributed by atoms with van der Waals surface area (Å²) in [6.07, 6.45) is 17.0. The van der Waals surface area contributed by atoms with Gasteiger partial charge in [0, 0.05) is 6.42 Å². The Bertz CT molecular complexity index is 440. The molecule has 0 spiro atoms. The van der Waals surface area contributed by atoms with Gasteiger partial charge in [0.1, 0.15) is 0 Å². The van der Waals surface area contributed by atoms with Crippen LogP contribution in [0.4, 0.5) is 0 Å². The van der Waals surface area contributed by atoms with Crippen molar-refractivity contribution in [3.8, 4) is 0 Å². The summed E-state index contributed by atoms with van der Waals surface area (Å²) in [4.78, 5) is 10.5. The van der Waals surface area contributed by atoms with Crippen molar-refractivity contribution >= 4 is 16.4 Å². The highest BCUT2D eigenvalue weighted by atomic mass is 32.3. The van der Waals surface area contributed by atoms with Crippen LogP contribution < -0.4 is 0 Å². The minimum Gasteiger partial charge on any atom is -0.477 e. The fourth-order valence-electron chi connectivity index (χ4n) is 2.67. The van der Waals surface area contributed by atoms with Gasteiger partial charge in [-0.15, -0.1) is 0 Å². The normalized spacial score (nSPS) is 11.7. The van der Waals surface area contributed by atoms with Crippen molar-refractivity contribution in [1.29, 1.82) is 0 Å². The molecule has 0 saturated carbocycles. The van der Waals surface area contributed by atoms with Gasteiger partial charge in [-0.05, 0) is 6.42 Å². The first kappa shape index (κ1) is 28.5. The first-order chi connectivity index (χ1) is 12.5. The summed E-state index contributed by atoms with van der Waals surface area (Å²) < 4.78 is 31.6. The SMILES string of the molecule is CCCCCCCCCCCCCCCCC(O)(O)C(=O)O.O=S(=O)(O)O. The van der Waals surface area contributed by atoms with Gasteiger partial charge < -0.3 is 15.3 Å². The lowest BCUT2D eigenvalue weighted by molar-refractivity contribution is -0.205. The maximum atomic E-state index is 10.5. The zero-order valence-corrected chi connectivity index (χ0v) is 17.3. The lowest BCUT2D eigenvalue weighted by Crippen LogP contribution is -2.37. The molecule has 0 heterocycles. The largest absolute Gasteiger partial charge is 0.477 e. The molecule has 8 nitrogen and oxygen atoms in total. The summed E-state index contributed by atoms with van der Waals surface area (Å²) in [5.74, 6) is -4.10. The van der Waals surface area contributed by atoms with Crippen molar-refractivity contribution in [2.75, 3.05) is 0 Å². The first-order valence-electron chi connectivity index (χ1n) is 9.88. The maximum absolute atomic E-state index is 10.5. The van der Waals surface area contributed by atoms with Crippen LogP contribution in [0.25, 0.3) is 0 Å². The Balaban J connectivity index is 0. The quantitative estimate of drug-likeness (QED) is 0.144. The number of rotatable bonds is 16. The first-order valence-corrected chi connectivity index (χ1v) is 11.3. The van der Waals surface area contributed by atoms with Crippen LogP contribution in [0.3, 0.4) is 0 Å². The molecule has 0 bridgehead atoms. The van der Waals surface area contributed by atoms with E-state index >= 15 is 0 Å². The average Bonchev–Trinajstić information content (AvgIpc) is 2.53. The number of unbranched alkanes of at least 4 members (excludes halogenated alkanes) is 13. The predicted molar refractivity (Wildman–Crippen MR) is 104 cm³/mol. The molecule has 0 aliphatic rings. The third-order valence-electron chi connectivity index (χ3n) is 4.22. The Kier molecular flexibility index (Phi) is 18.3. The molecule has 0 fully saturated rings. The van der Waals surface area contributed by atoms with Crippen LogP contribution in [0.2, 0.25) is 0 Å². The smallest absolute Gasteiger partial charge is 0.394 e. The van der Waals surface area contributed by atoms with Gasteiger partial charge in [0.2, 0.25) is 0 Å². The standard InChI is InChI=1S/C18H36O4.H2O4S/c1-2-3-4-5-6-7-8-9-10-11-12-13-14-15-16-18(21,22)17(19)20;1-5(2,3)4/h21-22H,2-16H2,1H3,(H,19,20);(H2,1,2,3,4). The number of hydrogen-bond acceptors (Lipinski definition) is 5. The number of aliphatic hydroxyl groups is 2. The van der Waals surface area contributed by atoms with E-state index in [0.717, 1.165) is 19.3 Å². The third kappa shape index (κ3) is 27.6. The van der Waals surface area contributed by atoms with Crippen LogP contribution in [0.1, 0.15) is 103 Å². The molecule has 0 aliphatic carbocycles. The second-order valence-electron chi connectivity index (χ2n) is 6.92. The molecular weight excluding hydrogens is 376 g/mol. The van der Waals surface area contributed by atoms with Crippen LogP contribution in [-0.2, 0) is 15.2 Å². The van der Waals surface area contributed by atoms with E-state index in [1.165, 1.54) is 64.2 Å². The Morgan fingerprint density at radius 3 is 1.22 bits per heavy atom. The van der Waals surface area contributed by atoms with Crippen LogP contribution in [0.15, 0.2) is 0 Å². The van der Waals surface area contributed by atoms with E-state index in [0.29, 0.717) is 6.42 Å². The van der Waals surface area contributed by atoms with Crippen LogP contribution >= 0.6 is 0 Å². The molecule has 0 aromatic rings. The average molecular weight is 415 g/mol. The van der Waals surface area contributed by atoms with Gasteiger partial charge in [-0.3, -0.25) is 9.11 Å². The van der Waals surface area contributed by atoms with Crippen molar-refractivity contribution in [2.24, 2.45) is 0 Å². The fraction of sp³-hybridized carbons (Fsp3) is 0.944. The van der Waals surface area contributed by atoms with Crippen molar-refractivity contribution in [1.82, 2.24) is 0 Å². The highest BCUT2D eigenvalue weighted by Crippen LogP contribution is 2.15. The number of hydrogen-bond donors (Lipinski definition) is 5. The van der Waals surface area contributed by atoms with Gasteiger partial charge >= 0.3 is 16.4 Å². The molecule has 9 heteroatoms. The Labute approximate surface area is 163 Å². The van der Waals surface area contributed by atoms with Gasteiger partial charge in [-0.1, -0.05) is 90.4 Å². The lowest BCUT2D eigenvalue weighted by Gasteiger charge is -2.15. The molecule has 0 saturated heterocycles. The molecular formula is C18H38O8S. The Morgan fingerprint density at radius 2 is 0.963 bits per heavy atom. The number of carbonyl (C=O) groups is 1. The van der Waals surface area contributed by atoms with Crippen molar-refractivity contribution in [2.45, 2.75) is 109 Å². The Hall–Kier alpha value is -0.740. The molecule has 0 amide bonds. The van der Waals surface area contributed by atoms with E-state index in [9.17, 15) is 4.79 Å². The number of carboxylic acid groups (broad SMARTS) is 1. The van der Waals surface area contributed by atoms with Crippen molar-refractivity contribution < 1.29 is 37.6 Å². The van der Waals surface area contributed by atoms with Gasteiger partial charge in [0.05, 0.1) is 0 Å². The monoisotopic (exact) mass is 414 g/mol. The van der Waals surface area contributed by atoms with E-state index in [1.807, 2.05) is 0 Å². The zero-order valence-electron chi connectivity index (χ0n) is 16.5. The molecule has 164 valence electrons. The van der Waals surface area contributed by atoms with E-state index in [2.05, 4.69) is 6.92 Å². The Morgan fingerprint density at radius 1 is 0.704 bits per heavy atom. The second kappa shape index (κ2) is 17.4. The summed E-state index contributed by atoms with van der Waals surface area (Å²) in [6.45, 7) is 2.25. The molecule has 5 N–H and O–H groups in total. The maximum Gasteiger partial charge on any atom is 0.394 e. The van der Waals surface area contributed by atoms with Crippen LogP contribution in [0, 0.1) is 0 Å². The van der Waals surface area contributed by atoms with Crippen molar-refractivity contribution in [3.05, 3.63) is 0 Å². The molecule has 0 rings (SSSR count). The van der Waals surface area contributed by atoms with Gasteiger partial charge in [-0.2, -0.15) is 8.42 Å². The summed E-state index contributed by atoms with van der Waals surface area (Å²) in [6, 6.07) is 0. The predicted octanol–water partition coefficient (Wildman–Crippen LogP) is 3.97. The van der Waals surface area contributed by atoms with Gasteiger partial charge in [0.15, 0.2) is 0 Å². The number of aliphatic carboxylic acids is 1. The van der Waals surface area contributed by atoms with E-state index < -0.39 is 22.2 Å². The summed E-state index contributed by atoms with van der Waals surface area (Å²) in [7, 11) is -4.67. The minimum absolute atomic E-state index is 0.0830. The third-order valence-corrected chi connectivity index (χ3v) is 4.22. The number of carboxylic acids is 1. The van der Waals surface area contributed by atoms with Gasteiger partial charge in [-0.25, -0.2) is 4.79 Å². The summed E-state index contributed by atoms with van der Waals surface area (Å²) >= 11 is 0. The molecule has 0 aromatic heterocycles. The second-order valence-corrected chi connectivity index (χ2v) is 7.81. The molecule has 0 aliphatic heterocycles. The highest BCUT2D eigenvalue weighted by molar-refractivity contribution is 7.79. The van der Waals surface area contributed by atoms with E-state index in [1.54, 1.807) is 0 Å². The minimum atomic E-state index is -4.67. The molecule has 27 heavy (non-hydrogen) atoms. The van der Waals surface area contributed by atoms with E-state index in [4.69, 9.17) is 32.8 Å².